The molecule has 1 N–H and O–H groups in total. The zero-order valence-corrected chi connectivity index (χ0v) is 18.0. The van der Waals surface area contributed by atoms with Gasteiger partial charge >= 0.3 is 0 Å². The molecule has 1 saturated heterocycles. The van der Waals surface area contributed by atoms with E-state index in [-0.39, 0.29) is 5.91 Å². The molecule has 30 heavy (non-hydrogen) atoms. The summed E-state index contributed by atoms with van der Waals surface area (Å²) in [6.07, 6.45) is 10.4. The van der Waals surface area contributed by atoms with Crippen LogP contribution in [0.25, 0.3) is 6.08 Å². The lowest BCUT2D eigenvalue weighted by Crippen LogP contribution is -2.45. The third kappa shape index (κ3) is 6.07. The Morgan fingerprint density at radius 2 is 2.03 bits per heavy atom. The lowest BCUT2D eigenvalue weighted by atomic mass is 9.98. The van der Waals surface area contributed by atoms with Crippen molar-refractivity contribution in [1.82, 2.24) is 9.88 Å². The maximum absolute atomic E-state index is 12.2. The fourth-order valence-electron chi connectivity index (χ4n) is 3.87. The Hall–Kier alpha value is -2.86. The third-order valence-electron chi connectivity index (χ3n) is 5.53. The number of rotatable bonds is 8. The summed E-state index contributed by atoms with van der Waals surface area (Å²) >= 11 is 0. The molecular formula is C24H31N3O3. The van der Waals surface area contributed by atoms with Gasteiger partial charge in [0.15, 0.2) is 11.5 Å². The molecule has 0 radical (unpaired) electrons. The molecule has 160 valence electrons. The van der Waals surface area contributed by atoms with Crippen molar-refractivity contribution in [3.05, 3.63) is 54.4 Å². The molecule has 1 aliphatic heterocycles. The van der Waals surface area contributed by atoms with Crippen LogP contribution in [-0.2, 0) is 4.79 Å². The minimum Gasteiger partial charge on any atom is -0.493 e. The van der Waals surface area contributed by atoms with E-state index in [0.717, 1.165) is 12.1 Å². The van der Waals surface area contributed by atoms with Crippen molar-refractivity contribution in [2.24, 2.45) is 0 Å². The Morgan fingerprint density at radius 3 is 2.73 bits per heavy atom. The van der Waals surface area contributed by atoms with Crippen LogP contribution in [0, 0.1) is 0 Å². The number of nitrogens with one attached hydrogen (secondary N) is 1. The number of hydrogen-bond donors (Lipinski definition) is 1. The highest BCUT2D eigenvalue weighted by molar-refractivity contribution is 6.02. The largest absolute Gasteiger partial charge is 0.493 e. The molecule has 6 nitrogen and oxygen atoms in total. The van der Waals surface area contributed by atoms with Gasteiger partial charge in [-0.05, 0) is 56.5 Å². The fraction of sp³-hybridized carbons (Fsp3) is 0.417. The van der Waals surface area contributed by atoms with Gasteiger partial charge in [-0.1, -0.05) is 12.5 Å². The Balaban J connectivity index is 1.59. The van der Waals surface area contributed by atoms with Gasteiger partial charge in [0, 0.05) is 48.9 Å². The van der Waals surface area contributed by atoms with Crippen LogP contribution < -0.4 is 14.8 Å². The zero-order valence-electron chi connectivity index (χ0n) is 18.0. The van der Waals surface area contributed by atoms with Crippen molar-refractivity contribution in [1.29, 1.82) is 0 Å². The summed E-state index contributed by atoms with van der Waals surface area (Å²) in [7, 11) is 1.62. The van der Waals surface area contributed by atoms with Crippen molar-refractivity contribution >= 4 is 17.7 Å². The predicted molar refractivity (Wildman–Crippen MR) is 120 cm³/mol. The maximum Gasteiger partial charge on any atom is 0.248 e. The molecule has 2 unspecified atom stereocenters. The van der Waals surface area contributed by atoms with E-state index in [1.807, 2.05) is 18.2 Å². The quantitative estimate of drug-likeness (QED) is 0.656. The van der Waals surface area contributed by atoms with Crippen LogP contribution in [0.15, 0.2) is 48.8 Å². The fourth-order valence-corrected chi connectivity index (χ4v) is 3.87. The van der Waals surface area contributed by atoms with Crippen molar-refractivity contribution in [2.45, 2.75) is 45.2 Å². The number of pyridine rings is 1. The van der Waals surface area contributed by atoms with Crippen LogP contribution in [0.1, 0.15) is 38.7 Å². The molecule has 2 atom stereocenters. The molecule has 0 bridgehead atoms. The summed E-state index contributed by atoms with van der Waals surface area (Å²) in [5.41, 5.74) is 1.53. The summed E-state index contributed by atoms with van der Waals surface area (Å²) in [5.74, 6) is 1.06. The molecule has 1 amide bonds. The summed E-state index contributed by atoms with van der Waals surface area (Å²) in [5, 5.41) is 2.87. The summed E-state index contributed by atoms with van der Waals surface area (Å²) in [4.78, 5) is 18.8. The normalized spacial score (nSPS) is 19.6. The number of amides is 1. The minimum atomic E-state index is -0.217. The summed E-state index contributed by atoms with van der Waals surface area (Å²) in [6.45, 7) is 6.01. The van der Waals surface area contributed by atoms with Gasteiger partial charge < -0.3 is 14.8 Å². The number of likely N-dealkylation sites (tertiary alicyclic amines) is 1. The molecule has 1 fully saturated rings. The average molecular weight is 410 g/mol. The highest BCUT2D eigenvalue weighted by Crippen LogP contribution is 2.30. The van der Waals surface area contributed by atoms with Crippen LogP contribution in [0.4, 0.5) is 5.69 Å². The van der Waals surface area contributed by atoms with Crippen LogP contribution in [-0.4, -0.2) is 48.1 Å². The minimum absolute atomic E-state index is 0.217. The summed E-state index contributed by atoms with van der Waals surface area (Å²) in [6, 6.07) is 10.3. The smallest absolute Gasteiger partial charge is 0.248 e. The second-order valence-electron chi connectivity index (χ2n) is 7.69. The first-order chi connectivity index (χ1) is 14.6. The molecule has 1 aliphatic rings. The molecule has 0 aliphatic carbocycles. The SMILES string of the molecule is COc1ccc(NC(=O)C=Cc2cccnc2)cc1OCCN1C(C)CCCC1C. The number of piperidine rings is 1. The number of ether oxygens (including phenoxy) is 2. The van der Waals surface area contributed by atoms with Crippen LogP contribution >= 0.6 is 0 Å². The molecule has 1 aromatic carbocycles. The Kier molecular flexibility index (Phi) is 7.85. The first-order valence-electron chi connectivity index (χ1n) is 10.5. The lowest BCUT2D eigenvalue weighted by molar-refractivity contribution is -0.111. The number of hydrogen-bond acceptors (Lipinski definition) is 5. The number of aromatic nitrogens is 1. The molecule has 0 saturated carbocycles. The first kappa shape index (κ1) is 21.8. The summed E-state index contributed by atoms with van der Waals surface area (Å²) < 4.78 is 11.5. The van der Waals surface area contributed by atoms with Crippen molar-refractivity contribution in [3.63, 3.8) is 0 Å². The van der Waals surface area contributed by atoms with Crippen molar-refractivity contribution in [2.75, 3.05) is 25.6 Å². The van der Waals surface area contributed by atoms with Crippen molar-refractivity contribution in [3.8, 4) is 11.5 Å². The van der Waals surface area contributed by atoms with Crippen LogP contribution in [0.3, 0.4) is 0 Å². The van der Waals surface area contributed by atoms with Gasteiger partial charge in [0.25, 0.3) is 0 Å². The van der Waals surface area contributed by atoms with E-state index in [9.17, 15) is 4.79 Å². The second-order valence-corrected chi connectivity index (χ2v) is 7.69. The van der Waals surface area contributed by atoms with Gasteiger partial charge in [-0.3, -0.25) is 14.7 Å². The standard InChI is InChI=1S/C24H31N3O3/c1-18-6-4-7-19(2)27(18)14-15-30-23-16-21(10-11-22(23)29-3)26-24(28)12-9-20-8-5-13-25-17-20/h5,8-13,16-19H,4,6-7,14-15H2,1-3H3,(H,26,28). The number of nitrogens with zero attached hydrogens (tertiary/aromatic N) is 2. The van der Waals surface area contributed by atoms with E-state index in [4.69, 9.17) is 9.47 Å². The van der Waals surface area contributed by atoms with E-state index in [1.165, 1.54) is 25.3 Å². The van der Waals surface area contributed by atoms with Gasteiger partial charge in [-0.25, -0.2) is 0 Å². The number of anilines is 1. The molecule has 1 aromatic heterocycles. The first-order valence-corrected chi connectivity index (χ1v) is 10.5. The van der Waals surface area contributed by atoms with Gasteiger partial charge in [0.05, 0.1) is 7.11 Å². The molecule has 6 heteroatoms. The van der Waals surface area contributed by atoms with E-state index in [0.29, 0.717) is 35.9 Å². The molecule has 0 spiro atoms. The average Bonchev–Trinajstić information content (AvgIpc) is 2.75. The number of carbonyl (C=O) groups excluding carboxylic acids is 1. The molecule has 2 aromatic rings. The zero-order chi connectivity index (χ0) is 21.3. The van der Waals surface area contributed by atoms with Crippen LogP contribution in [0.2, 0.25) is 0 Å². The van der Waals surface area contributed by atoms with Crippen LogP contribution in [0.5, 0.6) is 11.5 Å². The van der Waals surface area contributed by atoms with Gasteiger partial charge in [-0.2, -0.15) is 0 Å². The van der Waals surface area contributed by atoms with E-state index < -0.39 is 0 Å². The van der Waals surface area contributed by atoms with Gasteiger partial charge in [0.2, 0.25) is 5.91 Å². The molecular weight excluding hydrogens is 378 g/mol. The number of benzene rings is 1. The molecule has 2 heterocycles. The number of methoxy groups -OCH3 is 1. The Bertz CT molecular complexity index is 844. The van der Waals surface area contributed by atoms with Gasteiger partial charge in [0.1, 0.15) is 6.61 Å². The number of carbonyl (C=O) groups is 1. The predicted octanol–water partition coefficient (Wildman–Crippen LogP) is 4.38. The Morgan fingerprint density at radius 1 is 1.23 bits per heavy atom. The van der Waals surface area contributed by atoms with Crippen molar-refractivity contribution < 1.29 is 14.3 Å². The van der Waals surface area contributed by atoms with E-state index >= 15 is 0 Å². The van der Waals surface area contributed by atoms with E-state index in [1.54, 1.807) is 37.7 Å². The Labute approximate surface area is 178 Å². The topological polar surface area (TPSA) is 63.7 Å². The monoisotopic (exact) mass is 409 g/mol. The highest BCUT2D eigenvalue weighted by atomic mass is 16.5. The van der Waals surface area contributed by atoms with Gasteiger partial charge in [-0.15, -0.1) is 0 Å². The lowest BCUT2D eigenvalue weighted by Gasteiger charge is -2.38. The maximum atomic E-state index is 12.2. The second kappa shape index (κ2) is 10.8. The van der Waals surface area contributed by atoms with E-state index in [2.05, 4.69) is 29.0 Å². The third-order valence-corrected chi connectivity index (χ3v) is 5.53. The highest BCUT2D eigenvalue weighted by Gasteiger charge is 2.24. The molecule has 3 rings (SSSR count).